The van der Waals surface area contributed by atoms with E-state index >= 15 is 0 Å². The molecule has 0 aromatic heterocycles. The van der Waals surface area contributed by atoms with Gasteiger partial charge in [0.25, 0.3) is 0 Å². The number of nitrogens with zero attached hydrogens (tertiary/aromatic N) is 1. The van der Waals surface area contributed by atoms with Gasteiger partial charge in [0.1, 0.15) is 0 Å². The molecule has 0 aliphatic carbocycles. The van der Waals surface area contributed by atoms with Gasteiger partial charge in [-0.3, -0.25) is 4.90 Å². The Morgan fingerprint density at radius 2 is 1.89 bits per heavy atom. The van der Waals surface area contributed by atoms with Gasteiger partial charge in [-0.15, -0.1) is 0 Å². The van der Waals surface area contributed by atoms with Crippen molar-refractivity contribution >= 4 is 0 Å². The van der Waals surface area contributed by atoms with E-state index in [9.17, 15) is 8.78 Å². The third-order valence-electron chi connectivity index (χ3n) is 3.82. The van der Waals surface area contributed by atoms with Crippen LogP contribution in [0.15, 0.2) is 12.1 Å². The number of aryl methyl sites for hydroxylation is 1. The van der Waals surface area contributed by atoms with Crippen molar-refractivity contribution in [3.63, 3.8) is 0 Å². The molecule has 1 aromatic rings. The Kier molecular flexibility index (Phi) is 4.88. The highest BCUT2D eigenvalue weighted by molar-refractivity contribution is 5.28. The van der Waals surface area contributed by atoms with Gasteiger partial charge in [-0.1, -0.05) is 25.5 Å². The minimum Gasteiger partial charge on any atom is -0.314 e. The molecule has 0 amide bonds. The Bertz CT molecular complexity index is 428. The molecule has 0 saturated carbocycles. The van der Waals surface area contributed by atoms with E-state index in [1.165, 1.54) is 0 Å². The number of nitrogens with one attached hydrogen (secondary N) is 1. The molecule has 1 aliphatic heterocycles. The van der Waals surface area contributed by atoms with Gasteiger partial charge in [-0.05, 0) is 18.9 Å². The molecule has 0 spiro atoms. The fraction of sp³-hybridized carbons (Fsp3) is 0.600. The highest BCUT2D eigenvalue weighted by atomic mass is 19.2. The van der Waals surface area contributed by atoms with Crippen molar-refractivity contribution in [3.05, 3.63) is 34.9 Å². The summed E-state index contributed by atoms with van der Waals surface area (Å²) in [7, 11) is 0. The molecule has 1 saturated heterocycles. The lowest BCUT2D eigenvalue weighted by molar-refractivity contribution is 0.160. The molecule has 1 aliphatic rings. The summed E-state index contributed by atoms with van der Waals surface area (Å²) in [6, 6.07) is 3.41. The van der Waals surface area contributed by atoms with Crippen LogP contribution in [0.4, 0.5) is 8.78 Å². The first kappa shape index (κ1) is 14.4. The molecule has 0 unspecified atom stereocenters. The van der Waals surface area contributed by atoms with E-state index in [0.29, 0.717) is 11.1 Å². The summed E-state index contributed by atoms with van der Waals surface area (Å²) in [5, 5.41) is 3.29. The predicted octanol–water partition coefficient (Wildman–Crippen LogP) is 3.02. The Labute approximate surface area is 113 Å². The Morgan fingerprint density at radius 3 is 2.53 bits per heavy atom. The zero-order chi connectivity index (χ0) is 13.8. The SMILES string of the molecule is CCC[C@H](c1ccc(C)c(F)c1F)N1CCNCC1. The fourth-order valence-corrected chi connectivity index (χ4v) is 2.72. The second-order valence-corrected chi connectivity index (χ2v) is 5.19. The lowest BCUT2D eigenvalue weighted by Gasteiger charge is -2.35. The molecule has 2 nitrogen and oxygen atoms in total. The number of hydrogen-bond acceptors (Lipinski definition) is 2. The van der Waals surface area contributed by atoms with Crippen molar-refractivity contribution < 1.29 is 8.78 Å². The van der Waals surface area contributed by atoms with Gasteiger partial charge in [0.05, 0.1) is 0 Å². The van der Waals surface area contributed by atoms with E-state index in [1.807, 2.05) is 0 Å². The average molecular weight is 268 g/mol. The summed E-state index contributed by atoms with van der Waals surface area (Å²) in [5.74, 6) is -1.37. The summed E-state index contributed by atoms with van der Waals surface area (Å²) in [5.41, 5.74) is 0.878. The molecule has 1 aromatic carbocycles. The lowest BCUT2D eigenvalue weighted by Crippen LogP contribution is -2.45. The first-order valence-corrected chi connectivity index (χ1v) is 7.04. The maximum absolute atomic E-state index is 14.2. The van der Waals surface area contributed by atoms with Gasteiger partial charge in [0.15, 0.2) is 11.6 Å². The summed E-state index contributed by atoms with van der Waals surface area (Å²) in [6.45, 7) is 7.28. The van der Waals surface area contributed by atoms with Gasteiger partial charge >= 0.3 is 0 Å². The number of piperazine rings is 1. The Morgan fingerprint density at radius 1 is 1.21 bits per heavy atom. The number of hydrogen-bond donors (Lipinski definition) is 1. The zero-order valence-electron chi connectivity index (χ0n) is 11.7. The van der Waals surface area contributed by atoms with E-state index < -0.39 is 11.6 Å². The Hall–Kier alpha value is -1.00. The summed E-state index contributed by atoms with van der Waals surface area (Å²) < 4.78 is 27.9. The zero-order valence-corrected chi connectivity index (χ0v) is 11.7. The van der Waals surface area contributed by atoms with Crippen LogP contribution in [0.2, 0.25) is 0 Å². The molecule has 1 N–H and O–H groups in total. The monoisotopic (exact) mass is 268 g/mol. The van der Waals surface area contributed by atoms with Crippen molar-refractivity contribution in [2.75, 3.05) is 26.2 Å². The van der Waals surface area contributed by atoms with Crippen LogP contribution in [0.3, 0.4) is 0 Å². The average Bonchev–Trinajstić information content (AvgIpc) is 2.44. The molecule has 2 rings (SSSR count). The quantitative estimate of drug-likeness (QED) is 0.903. The van der Waals surface area contributed by atoms with Crippen molar-refractivity contribution in [1.82, 2.24) is 10.2 Å². The summed E-state index contributed by atoms with van der Waals surface area (Å²) in [4.78, 5) is 2.26. The van der Waals surface area contributed by atoms with Crippen LogP contribution in [-0.2, 0) is 0 Å². The van der Waals surface area contributed by atoms with Gasteiger partial charge < -0.3 is 5.32 Å². The third kappa shape index (κ3) is 3.12. The van der Waals surface area contributed by atoms with Gasteiger partial charge in [-0.25, -0.2) is 8.78 Å². The molecule has 4 heteroatoms. The molecular weight excluding hydrogens is 246 g/mol. The van der Waals surface area contributed by atoms with Crippen LogP contribution in [0.5, 0.6) is 0 Å². The standard InChI is InChI=1S/C15H22F2N2/c1-3-4-13(19-9-7-18-8-10-19)12-6-5-11(2)14(16)15(12)17/h5-6,13,18H,3-4,7-10H2,1-2H3/t13-/m1/s1. The number of benzene rings is 1. The van der Waals surface area contributed by atoms with Crippen LogP contribution >= 0.6 is 0 Å². The topological polar surface area (TPSA) is 15.3 Å². The molecular formula is C15H22F2N2. The minimum absolute atomic E-state index is 0.0119. The molecule has 0 radical (unpaired) electrons. The van der Waals surface area contributed by atoms with Crippen molar-refractivity contribution in [2.24, 2.45) is 0 Å². The van der Waals surface area contributed by atoms with Crippen molar-refractivity contribution in [2.45, 2.75) is 32.7 Å². The molecule has 1 heterocycles. The van der Waals surface area contributed by atoms with Crippen LogP contribution in [0.1, 0.15) is 36.9 Å². The van der Waals surface area contributed by atoms with E-state index in [0.717, 1.165) is 39.0 Å². The predicted molar refractivity (Wildman–Crippen MR) is 73.2 cm³/mol. The summed E-state index contributed by atoms with van der Waals surface area (Å²) >= 11 is 0. The first-order chi connectivity index (χ1) is 9.15. The molecule has 0 bridgehead atoms. The molecule has 106 valence electrons. The van der Waals surface area contributed by atoms with Crippen LogP contribution < -0.4 is 5.32 Å². The second-order valence-electron chi connectivity index (χ2n) is 5.19. The van der Waals surface area contributed by atoms with Crippen LogP contribution in [-0.4, -0.2) is 31.1 Å². The smallest absolute Gasteiger partial charge is 0.163 e. The molecule has 1 atom stereocenters. The summed E-state index contributed by atoms with van der Waals surface area (Å²) in [6.07, 6.45) is 1.82. The van der Waals surface area contributed by atoms with Gasteiger partial charge in [0, 0.05) is 37.8 Å². The highest BCUT2D eigenvalue weighted by Crippen LogP contribution is 2.30. The van der Waals surface area contributed by atoms with Crippen LogP contribution in [0, 0.1) is 18.6 Å². The van der Waals surface area contributed by atoms with E-state index in [4.69, 9.17) is 0 Å². The molecule has 1 fully saturated rings. The van der Waals surface area contributed by atoms with E-state index in [1.54, 1.807) is 19.1 Å². The maximum atomic E-state index is 14.2. The Balaban J connectivity index is 2.30. The fourth-order valence-electron chi connectivity index (χ4n) is 2.72. The van der Waals surface area contributed by atoms with Crippen molar-refractivity contribution in [1.29, 1.82) is 0 Å². The largest absolute Gasteiger partial charge is 0.314 e. The third-order valence-corrected chi connectivity index (χ3v) is 3.82. The van der Waals surface area contributed by atoms with E-state index in [2.05, 4.69) is 17.1 Å². The first-order valence-electron chi connectivity index (χ1n) is 7.04. The van der Waals surface area contributed by atoms with Crippen LogP contribution in [0.25, 0.3) is 0 Å². The number of halogens is 2. The van der Waals surface area contributed by atoms with Gasteiger partial charge in [0.2, 0.25) is 0 Å². The second kappa shape index (κ2) is 6.44. The van der Waals surface area contributed by atoms with E-state index in [-0.39, 0.29) is 6.04 Å². The lowest BCUT2D eigenvalue weighted by atomic mass is 9.98. The molecule has 19 heavy (non-hydrogen) atoms. The van der Waals surface area contributed by atoms with Gasteiger partial charge in [-0.2, -0.15) is 0 Å². The van der Waals surface area contributed by atoms with Crippen molar-refractivity contribution in [3.8, 4) is 0 Å². The normalized spacial score (nSPS) is 18.5. The maximum Gasteiger partial charge on any atom is 0.163 e. The highest BCUT2D eigenvalue weighted by Gasteiger charge is 2.25. The number of rotatable bonds is 4. The minimum atomic E-state index is -0.700.